The van der Waals surface area contributed by atoms with Crippen molar-refractivity contribution in [3.8, 4) is 5.75 Å². The Morgan fingerprint density at radius 1 is 1.00 bits per heavy atom. The minimum atomic E-state index is 0.0824. The smallest absolute Gasteiger partial charge is 0.154 e. The molecule has 0 spiro atoms. The summed E-state index contributed by atoms with van der Waals surface area (Å²) in [7, 11) is 0. The van der Waals surface area contributed by atoms with E-state index in [0.29, 0.717) is 28.8 Å². The number of halogens is 1. The molecule has 33 heavy (non-hydrogen) atoms. The van der Waals surface area contributed by atoms with Crippen molar-refractivity contribution in [2.24, 2.45) is 10.7 Å². The summed E-state index contributed by atoms with van der Waals surface area (Å²) in [4.78, 5) is 8.78. The van der Waals surface area contributed by atoms with E-state index in [1.807, 2.05) is 91.0 Å². The Morgan fingerprint density at radius 3 is 2.45 bits per heavy atom. The number of fused-ring (bicyclic) bond motifs is 1. The van der Waals surface area contributed by atoms with Crippen molar-refractivity contribution < 1.29 is 4.74 Å². The van der Waals surface area contributed by atoms with E-state index in [0.717, 1.165) is 27.7 Å². The Morgan fingerprint density at radius 2 is 1.73 bits per heavy atom. The van der Waals surface area contributed by atoms with E-state index in [4.69, 9.17) is 27.5 Å². The number of nitrogens with two attached hydrogens (primary N) is 1. The van der Waals surface area contributed by atoms with Gasteiger partial charge < -0.3 is 10.5 Å². The molecule has 4 aromatic rings. The number of ether oxygens (including phenoxy) is 1. The van der Waals surface area contributed by atoms with Gasteiger partial charge in [0, 0.05) is 16.0 Å². The van der Waals surface area contributed by atoms with Crippen LogP contribution in [0.3, 0.4) is 0 Å². The Kier molecular flexibility index (Phi) is 6.81. The molecule has 0 aliphatic carbocycles. The summed E-state index contributed by atoms with van der Waals surface area (Å²) in [6.07, 6.45) is 1.89. The van der Waals surface area contributed by atoms with Gasteiger partial charge in [0.2, 0.25) is 0 Å². The van der Waals surface area contributed by atoms with Crippen molar-refractivity contribution >= 4 is 45.8 Å². The lowest BCUT2D eigenvalue weighted by Gasteiger charge is -2.10. The molecule has 0 aliphatic rings. The second-order valence-electron chi connectivity index (χ2n) is 7.52. The van der Waals surface area contributed by atoms with Gasteiger partial charge in [0.15, 0.2) is 5.84 Å². The number of aromatic nitrogens is 1. The molecule has 6 heteroatoms. The highest BCUT2D eigenvalue weighted by Gasteiger charge is 2.09. The summed E-state index contributed by atoms with van der Waals surface area (Å²) in [5.74, 6) is 1.12. The summed E-state index contributed by atoms with van der Waals surface area (Å²) in [6.45, 7) is 2.02. The number of amidine groups is 2. The van der Waals surface area contributed by atoms with E-state index in [-0.39, 0.29) is 5.84 Å². The van der Waals surface area contributed by atoms with Gasteiger partial charge in [-0.15, -0.1) is 0 Å². The van der Waals surface area contributed by atoms with Crippen LogP contribution in [0.5, 0.6) is 5.75 Å². The molecule has 1 heterocycles. The molecule has 0 radical (unpaired) electrons. The van der Waals surface area contributed by atoms with Crippen LogP contribution in [-0.2, 0) is 6.61 Å². The Labute approximate surface area is 197 Å². The standard InChI is InChI=1S/C27H23ClN4O/c1-18(29)31-27(30)25(16-19-6-11-22(28)12-7-19)20-9-14-24(15-10-20)33-17-23-13-8-21-4-2-3-5-26(21)32-23/h2-16H,17H2,1H3,(H3,29,30,31). The largest absolute Gasteiger partial charge is 0.487 e. The molecule has 4 rings (SSSR count). The summed E-state index contributed by atoms with van der Waals surface area (Å²) >= 11 is 6.00. The highest BCUT2D eigenvalue weighted by Crippen LogP contribution is 2.24. The van der Waals surface area contributed by atoms with E-state index < -0.39 is 0 Å². The number of aliphatic imine (C=N–C) groups is 1. The van der Waals surface area contributed by atoms with Crippen LogP contribution in [0.1, 0.15) is 23.7 Å². The molecule has 3 aromatic carbocycles. The summed E-state index contributed by atoms with van der Waals surface area (Å²) < 4.78 is 5.93. The number of benzene rings is 3. The fourth-order valence-electron chi connectivity index (χ4n) is 3.33. The van der Waals surface area contributed by atoms with Crippen LogP contribution in [0.15, 0.2) is 89.9 Å². The molecule has 164 valence electrons. The third-order valence-electron chi connectivity index (χ3n) is 4.93. The fraction of sp³-hybridized carbons (Fsp3) is 0.0741. The fourth-order valence-corrected chi connectivity index (χ4v) is 3.45. The molecule has 0 saturated carbocycles. The maximum absolute atomic E-state index is 8.42. The third kappa shape index (κ3) is 5.84. The summed E-state index contributed by atoms with van der Waals surface area (Å²) in [5.41, 5.74) is 9.90. The van der Waals surface area contributed by atoms with Crippen molar-refractivity contribution in [3.63, 3.8) is 0 Å². The zero-order chi connectivity index (χ0) is 23.2. The highest BCUT2D eigenvalue weighted by atomic mass is 35.5. The molecular formula is C27H23ClN4O. The molecule has 0 atom stereocenters. The van der Waals surface area contributed by atoms with Crippen LogP contribution in [0.2, 0.25) is 5.02 Å². The second-order valence-corrected chi connectivity index (χ2v) is 7.96. The Balaban J connectivity index is 1.54. The number of nitrogens with one attached hydrogen (secondary N) is 1. The van der Waals surface area contributed by atoms with Gasteiger partial charge in [0.05, 0.1) is 17.0 Å². The van der Waals surface area contributed by atoms with Crippen molar-refractivity contribution in [1.29, 1.82) is 5.41 Å². The molecule has 0 amide bonds. The number of para-hydroxylation sites is 1. The van der Waals surface area contributed by atoms with E-state index in [2.05, 4.69) is 9.98 Å². The zero-order valence-electron chi connectivity index (χ0n) is 18.1. The normalized spacial score (nSPS) is 12.1. The molecular weight excluding hydrogens is 432 g/mol. The van der Waals surface area contributed by atoms with Crippen LogP contribution >= 0.6 is 11.6 Å². The monoisotopic (exact) mass is 454 g/mol. The lowest BCUT2D eigenvalue weighted by molar-refractivity contribution is 0.302. The van der Waals surface area contributed by atoms with Crippen molar-refractivity contribution in [1.82, 2.24) is 4.98 Å². The molecule has 0 unspecified atom stereocenters. The lowest BCUT2D eigenvalue weighted by Crippen LogP contribution is -2.09. The maximum atomic E-state index is 8.42. The predicted octanol–water partition coefficient (Wildman–Crippen LogP) is 6.36. The van der Waals surface area contributed by atoms with Crippen LogP contribution in [0, 0.1) is 5.41 Å². The summed E-state index contributed by atoms with van der Waals surface area (Å²) in [6, 6.07) is 27.0. The van der Waals surface area contributed by atoms with E-state index in [1.165, 1.54) is 0 Å². The van der Waals surface area contributed by atoms with E-state index in [9.17, 15) is 0 Å². The van der Waals surface area contributed by atoms with Crippen LogP contribution in [0.4, 0.5) is 0 Å². The van der Waals surface area contributed by atoms with Gasteiger partial charge in [-0.2, -0.15) is 0 Å². The quantitative estimate of drug-likeness (QED) is 0.202. The average molecular weight is 455 g/mol. The molecule has 5 nitrogen and oxygen atoms in total. The molecule has 0 aliphatic heterocycles. The average Bonchev–Trinajstić information content (AvgIpc) is 2.82. The van der Waals surface area contributed by atoms with Gasteiger partial charge in [-0.05, 0) is 60.5 Å². The minimum Gasteiger partial charge on any atom is -0.487 e. The maximum Gasteiger partial charge on any atom is 0.154 e. The minimum absolute atomic E-state index is 0.0824. The second kappa shape index (κ2) is 10.1. The SMILES string of the molecule is CC(N)=NC(=N)C(=Cc1ccc(Cl)cc1)c1ccc(OCc2ccc3ccccc3n2)cc1. The first-order valence-corrected chi connectivity index (χ1v) is 10.8. The van der Waals surface area contributed by atoms with E-state index in [1.54, 1.807) is 6.92 Å². The zero-order valence-corrected chi connectivity index (χ0v) is 18.9. The van der Waals surface area contributed by atoms with Gasteiger partial charge in [-0.1, -0.05) is 60.1 Å². The van der Waals surface area contributed by atoms with Gasteiger partial charge in [0.25, 0.3) is 0 Å². The van der Waals surface area contributed by atoms with Crippen LogP contribution in [0.25, 0.3) is 22.6 Å². The lowest BCUT2D eigenvalue weighted by atomic mass is 10.0. The van der Waals surface area contributed by atoms with Crippen molar-refractivity contribution in [3.05, 3.63) is 107 Å². The highest BCUT2D eigenvalue weighted by molar-refractivity contribution is 6.30. The Bertz CT molecular complexity index is 1340. The first-order valence-electron chi connectivity index (χ1n) is 10.4. The van der Waals surface area contributed by atoms with Crippen LogP contribution in [-0.4, -0.2) is 16.7 Å². The molecule has 0 bridgehead atoms. The third-order valence-corrected chi connectivity index (χ3v) is 5.18. The number of hydrogen-bond acceptors (Lipinski definition) is 3. The van der Waals surface area contributed by atoms with Gasteiger partial charge in [-0.25, -0.2) is 9.98 Å². The topological polar surface area (TPSA) is 84.3 Å². The van der Waals surface area contributed by atoms with Gasteiger partial charge >= 0.3 is 0 Å². The first-order chi connectivity index (χ1) is 16.0. The van der Waals surface area contributed by atoms with Crippen molar-refractivity contribution in [2.75, 3.05) is 0 Å². The van der Waals surface area contributed by atoms with Gasteiger partial charge in [-0.3, -0.25) is 5.41 Å². The Hall–Kier alpha value is -3.96. The number of pyridine rings is 1. The predicted molar refractivity (Wildman–Crippen MR) is 137 cm³/mol. The molecule has 0 fully saturated rings. The van der Waals surface area contributed by atoms with Crippen LogP contribution < -0.4 is 10.5 Å². The van der Waals surface area contributed by atoms with E-state index >= 15 is 0 Å². The number of nitrogens with zero attached hydrogens (tertiary/aromatic N) is 2. The number of rotatable bonds is 6. The van der Waals surface area contributed by atoms with Gasteiger partial charge in [0.1, 0.15) is 12.4 Å². The number of hydrogen-bond donors (Lipinski definition) is 2. The summed E-state index contributed by atoms with van der Waals surface area (Å²) in [5, 5.41) is 10.2. The molecule has 3 N–H and O–H groups in total. The first kappa shape index (κ1) is 22.2. The van der Waals surface area contributed by atoms with Crippen molar-refractivity contribution in [2.45, 2.75) is 13.5 Å². The molecule has 0 saturated heterocycles. The molecule has 1 aromatic heterocycles.